The van der Waals surface area contributed by atoms with Crippen LogP contribution in [-0.4, -0.2) is 24.5 Å². The summed E-state index contributed by atoms with van der Waals surface area (Å²) in [5.41, 5.74) is 1.77. The number of Topliss-reactive ketones (excluding diaryl/α,β-unsaturated/α-hetero) is 1. The minimum Gasteiger partial charge on any atom is -0.869 e. The summed E-state index contributed by atoms with van der Waals surface area (Å²) in [5.74, 6) is -1.09. The van der Waals surface area contributed by atoms with Gasteiger partial charge in [-0.05, 0) is 35.9 Å². The average molecular weight is 484 g/mol. The molecule has 4 aromatic rings. The Kier molecular flexibility index (Phi) is 5.66. The molecule has 174 valence electrons. The molecule has 0 aliphatic heterocycles. The van der Waals surface area contributed by atoms with Gasteiger partial charge in [0.1, 0.15) is 18.9 Å². The van der Waals surface area contributed by atoms with Crippen LogP contribution in [0.4, 0.5) is 0 Å². The quantitative estimate of drug-likeness (QED) is 0.408. The van der Waals surface area contributed by atoms with Crippen molar-refractivity contribution in [2.75, 3.05) is 0 Å². The van der Waals surface area contributed by atoms with Gasteiger partial charge in [-0.15, -0.1) is 0 Å². The smallest absolute Gasteiger partial charge is 0.283 e. The highest BCUT2D eigenvalue weighted by Gasteiger charge is 2.33. The van der Waals surface area contributed by atoms with E-state index in [0.29, 0.717) is 6.54 Å². The van der Waals surface area contributed by atoms with Crippen molar-refractivity contribution in [1.82, 2.24) is 4.57 Å². The topological polar surface area (TPSA) is 95.4 Å². The van der Waals surface area contributed by atoms with Gasteiger partial charge in [-0.1, -0.05) is 72.3 Å². The molecular weight excluding hydrogens is 462 g/mol. The van der Waals surface area contributed by atoms with Gasteiger partial charge in [0.15, 0.2) is 11.4 Å². The van der Waals surface area contributed by atoms with Crippen molar-refractivity contribution >= 4 is 33.0 Å². The molecule has 0 fully saturated rings. The zero-order valence-corrected chi connectivity index (χ0v) is 19.6. The van der Waals surface area contributed by atoms with E-state index in [1.807, 2.05) is 41.8 Å². The highest BCUT2D eigenvalue weighted by atomic mass is 32.2. The second-order valence-corrected chi connectivity index (χ2v) is 9.86. The molecule has 8 heteroatoms. The van der Waals surface area contributed by atoms with Gasteiger partial charge in [0.2, 0.25) is 12.1 Å². The first-order valence-electron chi connectivity index (χ1n) is 10.9. The molecular formula is C27H21N3O4S. The Balaban J connectivity index is 1.65. The van der Waals surface area contributed by atoms with Crippen molar-refractivity contribution in [1.29, 1.82) is 0 Å². The number of fused-ring (bicyclic) bond motifs is 1. The number of aryl methyl sites for hydroxylation is 1. The van der Waals surface area contributed by atoms with Crippen LogP contribution in [0.25, 0.3) is 11.5 Å². The van der Waals surface area contributed by atoms with Crippen molar-refractivity contribution in [3.05, 3.63) is 120 Å². The van der Waals surface area contributed by atoms with E-state index in [2.05, 4.69) is 4.40 Å². The summed E-state index contributed by atoms with van der Waals surface area (Å²) in [5, 5.41) is 13.5. The highest BCUT2D eigenvalue weighted by molar-refractivity contribution is 7.90. The Bertz CT molecular complexity index is 1600. The molecule has 0 saturated heterocycles. The number of allylic oxidation sites excluding steroid dienone is 1. The molecule has 3 aromatic carbocycles. The number of aromatic nitrogens is 2. The predicted molar refractivity (Wildman–Crippen MR) is 130 cm³/mol. The first-order chi connectivity index (χ1) is 16.8. The largest absolute Gasteiger partial charge is 0.869 e. The normalized spacial score (nSPS) is 14.9. The van der Waals surface area contributed by atoms with Gasteiger partial charge >= 0.3 is 0 Å². The van der Waals surface area contributed by atoms with Crippen LogP contribution in [0, 0.1) is 6.92 Å². The van der Waals surface area contributed by atoms with Crippen molar-refractivity contribution in [3.8, 4) is 0 Å². The van der Waals surface area contributed by atoms with Crippen LogP contribution in [0.5, 0.6) is 0 Å². The third kappa shape index (κ3) is 4.31. The number of imidazole rings is 1. The van der Waals surface area contributed by atoms with Crippen LogP contribution in [0.15, 0.2) is 107 Å². The van der Waals surface area contributed by atoms with Crippen LogP contribution >= 0.6 is 0 Å². The van der Waals surface area contributed by atoms with Crippen LogP contribution in [-0.2, 0) is 16.6 Å². The maximum absolute atomic E-state index is 13.5. The average Bonchev–Trinajstić information content (AvgIpc) is 3.31. The lowest BCUT2D eigenvalue weighted by Gasteiger charge is -2.24. The summed E-state index contributed by atoms with van der Waals surface area (Å²) < 4.78 is 33.4. The monoisotopic (exact) mass is 483 g/mol. The number of hydrogen-bond acceptors (Lipinski definition) is 4. The van der Waals surface area contributed by atoms with Crippen LogP contribution < -0.4 is 9.67 Å². The zero-order valence-electron chi connectivity index (χ0n) is 18.8. The Morgan fingerprint density at radius 2 is 1.57 bits per heavy atom. The lowest BCUT2D eigenvalue weighted by Crippen LogP contribution is -2.33. The third-order valence-electron chi connectivity index (χ3n) is 5.76. The summed E-state index contributed by atoms with van der Waals surface area (Å²) in [6, 6.07) is 22.3. The fourth-order valence-electron chi connectivity index (χ4n) is 3.97. The molecule has 0 atom stereocenters. The molecule has 0 bridgehead atoms. The van der Waals surface area contributed by atoms with Gasteiger partial charge in [-0.25, -0.2) is 9.13 Å². The number of carbonyl (C=O) groups is 1. The van der Waals surface area contributed by atoms with E-state index >= 15 is 0 Å². The van der Waals surface area contributed by atoms with Gasteiger partial charge in [0, 0.05) is 5.56 Å². The lowest BCUT2D eigenvalue weighted by molar-refractivity contribution is -0.687. The minimum absolute atomic E-state index is 0.0549. The van der Waals surface area contributed by atoms with Gasteiger partial charge < -0.3 is 5.11 Å². The maximum atomic E-state index is 13.5. The molecule has 1 aliphatic carbocycles. The van der Waals surface area contributed by atoms with Crippen LogP contribution in [0.1, 0.15) is 27.0 Å². The van der Waals surface area contributed by atoms with E-state index in [9.17, 15) is 18.3 Å². The van der Waals surface area contributed by atoms with Crippen LogP contribution in [0.2, 0.25) is 0 Å². The number of rotatable bonds is 5. The Labute approximate surface area is 203 Å². The molecule has 1 heterocycles. The van der Waals surface area contributed by atoms with Crippen molar-refractivity contribution in [3.63, 3.8) is 0 Å². The Morgan fingerprint density at radius 1 is 0.914 bits per heavy atom. The van der Waals surface area contributed by atoms with E-state index < -0.39 is 27.3 Å². The van der Waals surface area contributed by atoms with E-state index in [0.717, 1.165) is 11.1 Å². The minimum atomic E-state index is -4.24. The summed E-state index contributed by atoms with van der Waals surface area (Å²) in [6.45, 7) is 2.37. The molecule has 1 aromatic heterocycles. The second kappa shape index (κ2) is 8.81. The first kappa shape index (κ1) is 22.5. The number of nitrogens with zero attached hydrogens (tertiary/aromatic N) is 3. The standard InChI is InChI=1S/C27H21N3O4S/c1-19-11-13-21(14-12-19)35(33,34)28-24-25(27(32)23-10-6-5-9-22(23)26(24)31)30-16-15-29(18-30)17-20-7-3-2-4-8-20/h2-16,18H,17H2,1H3. The molecule has 0 unspecified atom stereocenters. The second-order valence-electron chi connectivity index (χ2n) is 8.26. The van der Waals surface area contributed by atoms with E-state index in [1.165, 1.54) is 22.8 Å². The fourth-order valence-corrected chi connectivity index (χ4v) is 4.97. The Morgan fingerprint density at radius 3 is 2.29 bits per heavy atom. The van der Waals surface area contributed by atoms with E-state index in [-0.39, 0.29) is 21.7 Å². The number of ketones is 1. The SMILES string of the molecule is Cc1ccc(S(=O)(=O)N=C2C(=O)c3ccccc3C([O-])=C2n2cc[n+](Cc3ccccc3)c2)cc1. The lowest BCUT2D eigenvalue weighted by atomic mass is 9.91. The first-order valence-corrected chi connectivity index (χ1v) is 12.4. The van der Waals surface area contributed by atoms with E-state index in [1.54, 1.807) is 49.1 Å². The number of carbonyl (C=O) groups excluding carboxylic acids is 1. The van der Waals surface area contributed by atoms with Crippen molar-refractivity contribution in [2.45, 2.75) is 18.4 Å². The molecule has 0 spiro atoms. The summed E-state index contributed by atoms with van der Waals surface area (Å²) in [6.07, 6.45) is 5.02. The van der Waals surface area contributed by atoms with Gasteiger partial charge in [-0.2, -0.15) is 12.8 Å². The summed E-state index contributed by atoms with van der Waals surface area (Å²) in [4.78, 5) is 13.4. The third-order valence-corrected chi connectivity index (χ3v) is 7.05. The van der Waals surface area contributed by atoms with Crippen LogP contribution in [0.3, 0.4) is 0 Å². The van der Waals surface area contributed by atoms with Gasteiger partial charge in [0.05, 0.1) is 4.90 Å². The molecule has 0 radical (unpaired) electrons. The fraction of sp³-hybridized carbons (Fsp3) is 0.0741. The van der Waals surface area contributed by atoms with Gasteiger partial charge in [-0.3, -0.25) is 4.79 Å². The highest BCUT2D eigenvalue weighted by Crippen LogP contribution is 2.30. The number of benzene rings is 3. The molecule has 7 nitrogen and oxygen atoms in total. The Hall–Kier alpha value is -4.30. The zero-order chi connectivity index (χ0) is 24.6. The molecule has 35 heavy (non-hydrogen) atoms. The summed E-state index contributed by atoms with van der Waals surface area (Å²) in [7, 11) is -4.24. The molecule has 1 aliphatic rings. The molecule has 0 amide bonds. The molecule has 0 saturated carbocycles. The van der Waals surface area contributed by atoms with E-state index in [4.69, 9.17) is 0 Å². The summed E-state index contributed by atoms with van der Waals surface area (Å²) >= 11 is 0. The molecule has 5 rings (SSSR count). The number of sulfonamides is 1. The van der Waals surface area contributed by atoms with Gasteiger partial charge in [0.25, 0.3) is 10.0 Å². The predicted octanol–water partition coefficient (Wildman–Crippen LogP) is 2.84. The number of hydrogen-bond donors (Lipinski definition) is 0. The van der Waals surface area contributed by atoms with Crippen molar-refractivity contribution < 1.29 is 22.9 Å². The maximum Gasteiger partial charge on any atom is 0.283 e. The molecule has 0 N–H and O–H groups in total. The van der Waals surface area contributed by atoms with Crippen molar-refractivity contribution in [2.24, 2.45) is 4.40 Å².